The molecule has 0 atom stereocenters. The number of benzene rings is 1. The molecule has 5 heteroatoms. The summed E-state index contributed by atoms with van der Waals surface area (Å²) in [6, 6.07) is 5.44. The smallest absolute Gasteiger partial charge is 0.243 e. The fourth-order valence-corrected chi connectivity index (χ4v) is 2.33. The Morgan fingerprint density at radius 1 is 1.53 bits per heavy atom. The van der Waals surface area contributed by atoms with Gasteiger partial charge in [0.1, 0.15) is 0 Å². The lowest BCUT2D eigenvalue weighted by molar-refractivity contribution is -0.115. The van der Waals surface area contributed by atoms with E-state index in [1.807, 2.05) is 19.1 Å². The zero-order valence-corrected chi connectivity index (χ0v) is 9.65. The summed E-state index contributed by atoms with van der Waals surface area (Å²) < 4.78 is 0. The van der Waals surface area contributed by atoms with E-state index in [1.54, 1.807) is 6.07 Å². The molecule has 0 radical (unpaired) electrons. The van der Waals surface area contributed by atoms with Crippen molar-refractivity contribution in [2.45, 2.75) is 6.92 Å². The van der Waals surface area contributed by atoms with Gasteiger partial charge in [0.2, 0.25) is 5.91 Å². The average Bonchev–Trinajstić information content (AvgIpc) is 2.51. The van der Waals surface area contributed by atoms with Crippen molar-refractivity contribution >= 4 is 40.1 Å². The number of nitrogens with one attached hydrogen (secondary N) is 1. The predicted octanol–water partition coefficient (Wildman–Crippen LogP) is 2.66. The summed E-state index contributed by atoms with van der Waals surface area (Å²) in [7, 11) is 0. The lowest BCUT2D eigenvalue weighted by Gasteiger charge is -2.16. The zero-order chi connectivity index (χ0) is 11.0. The monoisotopic (exact) mass is 240 g/mol. The summed E-state index contributed by atoms with van der Waals surface area (Å²) in [6.45, 7) is 1.93. The van der Waals surface area contributed by atoms with Crippen LogP contribution >= 0.6 is 23.4 Å². The van der Waals surface area contributed by atoms with Gasteiger partial charge in [0, 0.05) is 0 Å². The summed E-state index contributed by atoms with van der Waals surface area (Å²) in [5.74, 6) is 0.237. The highest BCUT2D eigenvalue weighted by atomic mass is 35.5. The fourth-order valence-electron chi connectivity index (χ4n) is 1.41. The topological polar surface area (TPSA) is 44.2 Å². The normalized spacial score (nSPS) is 16.3. The van der Waals surface area contributed by atoms with Crippen molar-refractivity contribution in [1.82, 2.24) is 0 Å². The first kappa shape index (κ1) is 10.5. The third-order valence-electron chi connectivity index (χ3n) is 2.13. The minimum Gasteiger partial charge on any atom is -0.278 e. The molecule has 15 heavy (non-hydrogen) atoms. The molecule has 1 fully saturated rings. The van der Waals surface area contributed by atoms with Crippen LogP contribution in [0.4, 0.5) is 5.69 Å². The summed E-state index contributed by atoms with van der Waals surface area (Å²) >= 11 is 7.23. The first-order valence-electron chi connectivity index (χ1n) is 4.40. The lowest BCUT2D eigenvalue weighted by atomic mass is 10.2. The molecule has 2 rings (SSSR count). The van der Waals surface area contributed by atoms with Crippen LogP contribution in [0.25, 0.3) is 0 Å². The molecule has 78 valence electrons. The molecule has 1 aromatic rings. The Bertz CT molecular complexity index is 431. The number of carbonyl (C=O) groups excluding carboxylic acids is 1. The standard InChI is InChI=1S/C10H9ClN2OS/c1-6-2-3-7(11)8(4-6)13-9(14)5-15-10(13)12/h2-4,12H,5H2,1H3. The summed E-state index contributed by atoms with van der Waals surface area (Å²) in [6.07, 6.45) is 0. The molecule has 0 aromatic heterocycles. The van der Waals surface area contributed by atoms with Gasteiger partial charge in [-0.1, -0.05) is 29.4 Å². The van der Waals surface area contributed by atoms with Crippen LogP contribution in [-0.2, 0) is 4.79 Å². The molecular formula is C10H9ClN2OS. The molecule has 1 heterocycles. The number of nitrogens with zero attached hydrogens (tertiary/aromatic N) is 1. The SMILES string of the molecule is Cc1ccc(Cl)c(N2C(=N)SCC2=O)c1. The van der Waals surface area contributed by atoms with Crippen LogP contribution < -0.4 is 4.90 Å². The van der Waals surface area contributed by atoms with E-state index in [2.05, 4.69) is 0 Å². The number of rotatable bonds is 1. The molecular weight excluding hydrogens is 232 g/mol. The van der Waals surface area contributed by atoms with Crippen molar-refractivity contribution in [3.8, 4) is 0 Å². The second-order valence-electron chi connectivity index (χ2n) is 3.28. The Morgan fingerprint density at radius 2 is 2.27 bits per heavy atom. The number of aryl methyl sites for hydroxylation is 1. The molecule has 1 N–H and O–H groups in total. The molecule has 1 aromatic carbocycles. The van der Waals surface area contributed by atoms with Crippen molar-refractivity contribution in [2.75, 3.05) is 10.7 Å². The van der Waals surface area contributed by atoms with Crippen molar-refractivity contribution in [3.63, 3.8) is 0 Å². The Labute approximate surface area is 96.9 Å². The van der Waals surface area contributed by atoms with Gasteiger partial charge in [-0.3, -0.25) is 15.1 Å². The lowest BCUT2D eigenvalue weighted by Crippen LogP contribution is -2.28. The number of hydrogen-bond donors (Lipinski definition) is 1. The number of amides is 1. The maximum Gasteiger partial charge on any atom is 0.243 e. The Balaban J connectivity index is 2.48. The Hall–Kier alpha value is -1.00. The Morgan fingerprint density at radius 3 is 2.87 bits per heavy atom. The molecule has 0 aliphatic carbocycles. The van der Waals surface area contributed by atoms with Gasteiger partial charge in [0.15, 0.2) is 5.17 Å². The van der Waals surface area contributed by atoms with Crippen LogP contribution in [-0.4, -0.2) is 16.8 Å². The third kappa shape index (κ3) is 1.87. The first-order chi connectivity index (χ1) is 7.09. The molecule has 0 saturated carbocycles. The minimum atomic E-state index is -0.0856. The maximum atomic E-state index is 11.6. The number of hydrogen-bond acceptors (Lipinski definition) is 3. The molecule has 0 unspecified atom stereocenters. The highest BCUT2D eigenvalue weighted by molar-refractivity contribution is 8.15. The van der Waals surface area contributed by atoms with E-state index in [-0.39, 0.29) is 11.1 Å². The van der Waals surface area contributed by atoms with Gasteiger partial charge in [-0.15, -0.1) is 0 Å². The average molecular weight is 241 g/mol. The number of halogens is 1. The Kier molecular flexibility index (Phi) is 2.71. The molecule has 1 aliphatic heterocycles. The molecule has 0 spiro atoms. The van der Waals surface area contributed by atoms with Gasteiger partial charge >= 0.3 is 0 Å². The highest BCUT2D eigenvalue weighted by Gasteiger charge is 2.29. The number of amidine groups is 1. The van der Waals surface area contributed by atoms with E-state index in [1.165, 1.54) is 16.7 Å². The van der Waals surface area contributed by atoms with Crippen molar-refractivity contribution in [3.05, 3.63) is 28.8 Å². The van der Waals surface area contributed by atoms with Crippen LogP contribution in [0.1, 0.15) is 5.56 Å². The van der Waals surface area contributed by atoms with Gasteiger partial charge in [-0.05, 0) is 24.6 Å². The van der Waals surface area contributed by atoms with Crippen molar-refractivity contribution < 1.29 is 4.79 Å². The third-order valence-corrected chi connectivity index (χ3v) is 3.29. The van der Waals surface area contributed by atoms with Crippen LogP contribution in [0.15, 0.2) is 18.2 Å². The van der Waals surface area contributed by atoms with Gasteiger partial charge in [-0.2, -0.15) is 0 Å². The molecule has 0 bridgehead atoms. The highest BCUT2D eigenvalue weighted by Crippen LogP contribution is 2.32. The molecule has 1 aliphatic rings. The van der Waals surface area contributed by atoms with E-state index in [0.717, 1.165) is 5.56 Å². The van der Waals surface area contributed by atoms with Crippen LogP contribution in [0, 0.1) is 12.3 Å². The largest absolute Gasteiger partial charge is 0.278 e. The van der Waals surface area contributed by atoms with Gasteiger partial charge in [-0.25, -0.2) is 0 Å². The first-order valence-corrected chi connectivity index (χ1v) is 5.76. The number of anilines is 1. The number of thioether (sulfide) groups is 1. The fraction of sp³-hybridized carbons (Fsp3) is 0.200. The molecule has 1 amide bonds. The van der Waals surface area contributed by atoms with Gasteiger partial charge < -0.3 is 0 Å². The van der Waals surface area contributed by atoms with Crippen LogP contribution in [0.2, 0.25) is 5.02 Å². The van der Waals surface area contributed by atoms with E-state index in [0.29, 0.717) is 16.5 Å². The predicted molar refractivity (Wildman–Crippen MR) is 63.9 cm³/mol. The summed E-state index contributed by atoms with van der Waals surface area (Å²) in [5, 5.41) is 8.39. The maximum absolute atomic E-state index is 11.6. The summed E-state index contributed by atoms with van der Waals surface area (Å²) in [5.41, 5.74) is 1.63. The van der Waals surface area contributed by atoms with Crippen LogP contribution in [0.5, 0.6) is 0 Å². The van der Waals surface area contributed by atoms with E-state index in [9.17, 15) is 4.79 Å². The second kappa shape index (κ2) is 3.87. The van der Waals surface area contributed by atoms with E-state index < -0.39 is 0 Å². The quantitative estimate of drug-likeness (QED) is 0.820. The summed E-state index contributed by atoms with van der Waals surface area (Å²) in [4.78, 5) is 12.9. The van der Waals surface area contributed by atoms with Crippen LogP contribution in [0.3, 0.4) is 0 Å². The van der Waals surface area contributed by atoms with Gasteiger partial charge in [0.05, 0.1) is 16.5 Å². The minimum absolute atomic E-state index is 0.0856. The van der Waals surface area contributed by atoms with Crippen molar-refractivity contribution in [1.29, 1.82) is 5.41 Å². The number of carbonyl (C=O) groups is 1. The van der Waals surface area contributed by atoms with Gasteiger partial charge in [0.25, 0.3) is 0 Å². The van der Waals surface area contributed by atoms with E-state index in [4.69, 9.17) is 17.0 Å². The van der Waals surface area contributed by atoms with Crippen molar-refractivity contribution in [2.24, 2.45) is 0 Å². The van der Waals surface area contributed by atoms with E-state index >= 15 is 0 Å². The zero-order valence-electron chi connectivity index (χ0n) is 8.08. The second-order valence-corrected chi connectivity index (χ2v) is 4.65. The molecule has 1 saturated heterocycles. The molecule has 3 nitrogen and oxygen atoms in total.